The summed E-state index contributed by atoms with van der Waals surface area (Å²) < 4.78 is 27.2. The molecule has 1 aromatic heterocycles. The second kappa shape index (κ2) is 8.17. The second-order valence-electron chi connectivity index (χ2n) is 10.7. The zero-order valence-electron chi connectivity index (χ0n) is 18.8. The van der Waals surface area contributed by atoms with Crippen molar-refractivity contribution in [3.05, 3.63) is 41.4 Å². The minimum absolute atomic E-state index is 0.0295. The van der Waals surface area contributed by atoms with E-state index in [0.717, 1.165) is 17.8 Å². The molecule has 1 amide bonds. The van der Waals surface area contributed by atoms with Crippen molar-refractivity contribution in [2.75, 3.05) is 18.4 Å². The smallest absolute Gasteiger partial charge is 0.243 e. The van der Waals surface area contributed by atoms with Gasteiger partial charge in [0.25, 0.3) is 0 Å². The predicted octanol–water partition coefficient (Wildman–Crippen LogP) is 4.65. The first-order valence-electron chi connectivity index (χ1n) is 12.2. The lowest BCUT2D eigenvalue weighted by Crippen LogP contribution is -2.48. The van der Waals surface area contributed by atoms with Gasteiger partial charge in [-0.25, -0.2) is 13.4 Å². The van der Waals surface area contributed by atoms with E-state index < -0.39 is 10.0 Å². The number of rotatable bonds is 5. The summed E-state index contributed by atoms with van der Waals surface area (Å²) in [6.45, 7) is 0.734. The van der Waals surface area contributed by atoms with Crippen LogP contribution >= 0.6 is 11.3 Å². The average Bonchev–Trinajstić information content (AvgIpc) is 3.28. The fourth-order valence-corrected chi connectivity index (χ4v) is 9.63. The van der Waals surface area contributed by atoms with Gasteiger partial charge in [-0.2, -0.15) is 4.31 Å². The average molecular weight is 486 g/mol. The highest BCUT2D eigenvalue weighted by atomic mass is 32.2. The zero-order valence-corrected chi connectivity index (χ0v) is 20.4. The van der Waals surface area contributed by atoms with Crippen LogP contribution in [0.2, 0.25) is 0 Å². The van der Waals surface area contributed by atoms with E-state index in [-0.39, 0.29) is 17.2 Å². The minimum atomic E-state index is -3.50. The third-order valence-corrected chi connectivity index (χ3v) is 11.2. The lowest BCUT2D eigenvalue weighted by Gasteiger charge is -2.56. The Morgan fingerprint density at radius 3 is 2.21 bits per heavy atom. The van der Waals surface area contributed by atoms with Crippen molar-refractivity contribution in [3.8, 4) is 0 Å². The monoisotopic (exact) mass is 485 g/mol. The third-order valence-electron chi connectivity index (χ3n) is 8.52. The number of benzene rings is 1. The van der Waals surface area contributed by atoms with E-state index in [4.69, 9.17) is 4.98 Å². The molecule has 5 fully saturated rings. The Labute approximate surface area is 199 Å². The van der Waals surface area contributed by atoms with Crippen LogP contribution in [0.15, 0.2) is 40.6 Å². The number of nitrogens with one attached hydrogen (secondary N) is 1. The number of aromatic nitrogens is 1. The summed E-state index contributed by atoms with van der Waals surface area (Å²) in [5, 5.41) is 5.93. The summed E-state index contributed by atoms with van der Waals surface area (Å²) in [5.41, 5.74) is 1.44. The Bertz CT molecular complexity index is 1100. The first-order valence-corrected chi connectivity index (χ1v) is 14.6. The molecule has 1 N–H and O–H groups in total. The van der Waals surface area contributed by atoms with Gasteiger partial charge in [-0.1, -0.05) is 18.2 Å². The van der Waals surface area contributed by atoms with Gasteiger partial charge in [0.15, 0.2) is 5.13 Å². The van der Waals surface area contributed by atoms with Crippen LogP contribution in [0.1, 0.15) is 57.1 Å². The Morgan fingerprint density at radius 2 is 1.61 bits per heavy atom. The largest absolute Gasteiger partial charge is 0.302 e. The first kappa shape index (κ1) is 21.7. The molecule has 1 aliphatic heterocycles. The van der Waals surface area contributed by atoms with Crippen LogP contribution in [0, 0.1) is 23.7 Å². The number of nitrogens with zero attached hydrogens (tertiary/aromatic N) is 2. The SMILES string of the molecule is O=C(Nc1nc(C23CC4CC(CC(C4)C2)C3)cs1)C1CCN(S(=O)(=O)c2ccccc2)CC1. The number of hydrogen-bond donors (Lipinski definition) is 1. The molecular formula is C25H31N3O3S2. The van der Waals surface area contributed by atoms with Gasteiger partial charge in [-0.15, -0.1) is 11.3 Å². The normalized spacial score (nSPS) is 32.2. The number of sulfonamides is 1. The Morgan fingerprint density at radius 1 is 1.00 bits per heavy atom. The summed E-state index contributed by atoms with van der Waals surface area (Å²) >= 11 is 1.54. The molecule has 2 aromatic rings. The van der Waals surface area contributed by atoms with Gasteiger partial charge < -0.3 is 5.32 Å². The molecule has 0 atom stereocenters. The fraction of sp³-hybridized carbons (Fsp3) is 0.600. The maximum atomic E-state index is 12.9. The van der Waals surface area contributed by atoms with E-state index in [0.29, 0.717) is 36.0 Å². The molecule has 5 aliphatic rings. The minimum Gasteiger partial charge on any atom is -0.302 e. The van der Waals surface area contributed by atoms with Gasteiger partial charge in [0, 0.05) is 29.8 Å². The van der Waals surface area contributed by atoms with Crippen molar-refractivity contribution >= 4 is 32.4 Å². The number of carbonyl (C=O) groups excluding carboxylic acids is 1. The maximum absolute atomic E-state index is 12.9. The van der Waals surface area contributed by atoms with Crippen molar-refractivity contribution in [1.29, 1.82) is 0 Å². The number of thiazole rings is 1. The van der Waals surface area contributed by atoms with Crippen molar-refractivity contribution in [3.63, 3.8) is 0 Å². The quantitative estimate of drug-likeness (QED) is 0.669. The maximum Gasteiger partial charge on any atom is 0.243 e. The Kier molecular flexibility index (Phi) is 5.38. The summed E-state index contributed by atoms with van der Waals surface area (Å²) in [6, 6.07) is 8.52. The number of hydrogen-bond acceptors (Lipinski definition) is 5. The van der Waals surface area contributed by atoms with Gasteiger partial charge in [0.1, 0.15) is 0 Å². The summed E-state index contributed by atoms with van der Waals surface area (Å²) in [5.74, 6) is 2.40. The predicted molar refractivity (Wildman–Crippen MR) is 129 cm³/mol. The first-order chi connectivity index (χ1) is 15.9. The van der Waals surface area contributed by atoms with Crippen LogP contribution in [0.25, 0.3) is 0 Å². The molecule has 0 unspecified atom stereocenters. The van der Waals surface area contributed by atoms with Gasteiger partial charge in [0.05, 0.1) is 10.6 Å². The van der Waals surface area contributed by atoms with E-state index in [9.17, 15) is 13.2 Å². The van der Waals surface area contributed by atoms with E-state index in [1.165, 1.54) is 48.5 Å². The molecule has 1 aromatic carbocycles. The summed E-state index contributed by atoms with van der Waals surface area (Å²) in [4.78, 5) is 18.2. The molecule has 0 spiro atoms. The topological polar surface area (TPSA) is 79.4 Å². The molecule has 33 heavy (non-hydrogen) atoms. The van der Waals surface area contributed by atoms with Crippen LogP contribution in [0.3, 0.4) is 0 Å². The van der Waals surface area contributed by atoms with E-state index in [1.54, 1.807) is 35.6 Å². The molecule has 176 valence electrons. The third kappa shape index (κ3) is 3.94. The Hall–Kier alpha value is -1.77. The van der Waals surface area contributed by atoms with Gasteiger partial charge in [-0.3, -0.25) is 4.79 Å². The van der Waals surface area contributed by atoms with Crippen molar-refractivity contribution in [1.82, 2.24) is 9.29 Å². The van der Waals surface area contributed by atoms with E-state index >= 15 is 0 Å². The molecule has 4 bridgehead atoms. The van der Waals surface area contributed by atoms with Crippen molar-refractivity contribution < 1.29 is 13.2 Å². The molecule has 8 heteroatoms. The number of anilines is 1. The molecule has 1 saturated heterocycles. The van der Waals surface area contributed by atoms with Crippen LogP contribution < -0.4 is 5.32 Å². The van der Waals surface area contributed by atoms with Crippen LogP contribution in [-0.4, -0.2) is 36.7 Å². The molecule has 0 radical (unpaired) electrons. The second-order valence-corrected chi connectivity index (χ2v) is 13.5. The molecule has 4 saturated carbocycles. The van der Waals surface area contributed by atoms with Crippen LogP contribution in [-0.2, 0) is 20.2 Å². The van der Waals surface area contributed by atoms with Gasteiger partial charge in [-0.05, 0) is 81.3 Å². The van der Waals surface area contributed by atoms with Crippen molar-refractivity contribution in [2.45, 2.75) is 61.7 Å². The standard InChI is InChI=1S/C25H31N3O3S2/c29-23(20-6-8-28(9-7-20)33(30,31)21-4-2-1-3-5-21)27-24-26-22(16-32-24)25-13-17-10-18(14-25)12-19(11-17)15-25/h1-5,16-20H,6-15H2,(H,26,27,29). The summed E-state index contributed by atoms with van der Waals surface area (Å²) in [6.07, 6.45) is 9.10. The van der Waals surface area contributed by atoms with Crippen molar-refractivity contribution in [2.24, 2.45) is 23.7 Å². The van der Waals surface area contributed by atoms with E-state index in [2.05, 4.69) is 10.7 Å². The Balaban J connectivity index is 1.08. The lowest BCUT2D eigenvalue weighted by atomic mass is 9.49. The molecule has 2 heterocycles. The number of piperidine rings is 1. The molecule has 4 aliphatic carbocycles. The summed E-state index contributed by atoms with van der Waals surface area (Å²) in [7, 11) is -3.50. The highest BCUT2D eigenvalue weighted by Crippen LogP contribution is 2.60. The number of carbonyl (C=O) groups is 1. The molecular weight excluding hydrogens is 454 g/mol. The highest BCUT2D eigenvalue weighted by Gasteiger charge is 2.52. The van der Waals surface area contributed by atoms with Gasteiger partial charge in [0.2, 0.25) is 15.9 Å². The lowest BCUT2D eigenvalue weighted by molar-refractivity contribution is -0.120. The van der Waals surface area contributed by atoms with Crippen LogP contribution in [0.4, 0.5) is 5.13 Å². The highest BCUT2D eigenvalue weighted by molar-refractivity contribution is 7.89. The van der Waals surface area contributed by atoms with E-state index in [1.807, 2.05) is 6.07 Å². The molecule has 7 rings (SSSR count). The zero-order chi connectivity index (χ0) is 22.6. The number of amides is 1. The van der Waals surface area contributed by atoms with Gasteiger partial charge >= 0.3 is 0 Å². The molecule has 6 nitrogen and oxygen atoms in total. The van der Waals surface area contributed by atoms with Crippen LogP contribution in [0.5, 0.6) is 0 Å². The fourth-order valence-electron chi connectivity index (χ4n) is 7.31.